The maximum Gasteiger partial charge on any atom is 0.330 e. The minimum Gasteiger partial charge on any atom is -0.382 e. The van der Waals surface area contributed by atoms with Crippen molar-refractivity contribution in [2.45, 2.75) is 18.5 Å². The van der Waals surface area contributed by atoms with Gasteiger partial charge in [-0.15, -0.1) is 0 Å². The molecule has 0 saturated carbocycles. The summed E-state index contributed by atoms with van der Waals surface area (Å²) in [6, 6.07) is 0. The second kappa shape index (κ2) is 6.97. The van der Waals surface area contributed by atoms with Crippen LogP contribution >= 0.6 is 0 Å². The predicted molar refractivity (Wildman–Crippen MR) is 46.5 cm³/mol. The number of hydrogen-bond donors (Lipinski definition) is 1. The second-order valence-corrected chi connectivity index (χ2v) is 3.01. The lowest BCUT2D eigenvalue weighted by Gasteiger charge is -2.21. The Hall–Kier alpha value is -0.400. The number of nitrogens with one attached hydrogen (secondary N) is 1. The molecule has 1 unspecified atom stereocenters. The van der Waals surface area contributed by atoms with Gasteiger partial charge in [0.15, 0.2) is 0 Å². The highest BCUT2D eigenvalue weighted by Gasteiger charge is 2.41. The van der Waals surface area contributed by atoms with Crippen molar-refractivity contribution in [1.82, 2.24) is 5.32 Å². The summed E-state index contributed by atoms with van der Waals surface area (Å²) in [6.07, 6.45) is -4.38. The highest BCUT2D eigenvalue weighted by molar-refractivity contribution is 4.70. The molecule has 0 aliphatic rings. The summed E-state index contributed by atoms with van der Waals surface area (Å²) < 4.78 is 57.7. The lowest BCUT2D eigenvalue weighted by atomic mass is 10.3. The Labute approximate surface area is 85.7 Å². The van der Waals surface area contributed by atoms with E-state index in [0.29, 0.717) is 0 Å². The lowest BCUT2D eigenvalue weighted by Crippen LogP contribution is -2.38. The second-order valence-electron chi connectivity index (χ2n) is 3.01. The molecular formula is C8H15F4NO2. The molecular weight excluding hydrogens is 218 g/mol. The van der Waals surface area contributed by atoms with Gasteiger partial charge >= 0.3 is 12.3 Å². The first-order chi connectivity index (χ1) is 6.94. The Morgan fingerprint density at radius 3 is 2.33 bits per heavy atom. The Morgan fingerprint density at radius 1 is 1.33 bits per heavy atom. The van der Waals surface area contributed by atoms with E-state index in [-0.39, 0.29) is 13.2 Å². The molecule has 0 amide bonds. The molecule has 0 aliphatic carbocycles. The van der Waals surface area contributed by atoms with Gasteiger partial charge in [0.2, 0.25) is 0 Å². The van der Waals surface area contributed by atoms with Crippen LogP contribution in [0.3, 0.4) is 0 Å². The first kappa shape index (κ1) is 14.6. The molecule has 0 bridgehead atoms. The Kier molecular flexibility index (Phi) is 6.78. The van der Waals surface area contributed by atoms with Crippen LogP contribution in [-0.2, 0) is 9.47 Å². The third-order valence-electron chi connectivity index (χ3n) is 1.62. The number of alkyl halides is 4. The normalized spacial score (nSPS) is 14.6. The molecule has 0 aromatic heterocycles. The minimum absolute atomic E-state index is 0.0696. The lowest BCUT2D eigenvalue weighted by molar-refractivity contribution is -0.179. The number of rotatable bonds is 8. The van der Waals surface area contributed by atoms with Crippen molar-refractivity contribution in [3.63, 3.8) is 0 Å². The highest BCUT2D eigenvalue weighted by Crippen LogP contribution is 2.23. The van der Waals surface area contributed by atoms with Crippen LogP contribution in [0.5, 0.6) is 0 Å². The monoisotopic (exact) mass is 233 g/mol. The van der Waals surface area contributed by atoms with Gasteiger partial charge in [-0.1, -0.05) is 0 Å². The smallest absolute Gasteiger partial charge is 0.330 e. The summed E-state index contributed by atoms with van der Waals surface area (Å²) in [5.74, 6) is -4.11. The highest BCUT2D eigenvalue weighted by atomic mass is 19.3. The number of ether oxygens (including phenoxy) is 2. The fourth-order valence-corrected chi connectivity index (χ4v) is 0.871. The summed E-state index contributed by atoms with van der Waals surface area (Å²) in [7, 11) is 2.97. The third kappa shape index (κ3) is 5.91. The van der Waals surface area contributed by atoms with E-state index in [1.54, 1.807) is 7.05 Å². The molecule has 0 aromatic carbocycles. The molecule has 7 heteroatoms. The van der Waals surface area contributed by atoms with Crippen LogP contribution < -0.4 is 5.32 Å². The first-order valence-corrected chi connectivity index (χ1v) is 4.35. The summed E-state index contributed by atoms with van der Waals surface area (Å²) in [6.45, 7) is -0.978. The van der Waals surface area contributed by atoms with Gasteiger partial charge in [-0.25, -0.2) is 8.78 Å². The third-order valence-corrected chi connectivity index (χ3v) is 1.62. The quantitative estimate of drug-likeness (QED) is 0.638. The van der Waals surface area contributed by atoms with Gasteiger partial charge in [-0.05, 0) is 7.05 Å². The van der Waals surface area contributed by atoms with Crippen molar-refractivity contribution in [1.29, 1.82) is 0 Å². The van der Waals surface area contributed by atoms with Crippen LogP contribution in [-0.4, -0.2) is 52.4 Å². The van der Waals surface area contributed by atoms with Crippen molar-refractivity contribution in [2.75, 3.05) is 33.9 Å². The predicted octanol–water partition coefficient (Wildman–Crippen LogP) is 1.14. The van der Waals surface area contributed by atoms with Crippen LogP contribution in [0.4, 0.5) is 17.6 Å². The summed E-state index contributed by atoms with van der Waals surface area (Å²) in [4.78, 5) is 0. The summed E-state index contributed by atoms with van der Waals surface area (Å²) in [5, 5.41) is 2.68. The largest absolute Gasteiger partial charge is 0.382 e. The van der Waals surface area contributed by atoms with Crippen molar-refractivity contribution >= 4 is 0 Å². The first-order valence-electron chi connectivity index (χ1n) is 4.35. The fraction of sp³-hybridized carbons (Fsp3) is 1.00. The Bertz CT molecular complexity index is 163. The SMILES string of the molecule is CNCC(COC)OCC(F)(F)C(F)F. The van der Waals surface area contributed by atoms with Gasteiger partial charge in [0.1, 0.15) is 6.61 Å². The molecule has 0 radical (unpaired) electrons. The molecule has 3 nitrogen and oxygen atoms in total. The van der Waals surface area contributed by atoms with Crippen LogP contribution in [0.25, 0.3) is 0 Å². The van der Waals surface area contributed by atoms with Crippen molar-refractivity contribution in [3.8, 4) is 0 Å². The zero-order valence-electron chi connectivity index (χ0n) is 8.60. The average Bonchev–Trinajstić information content (AvgIpc) is 2.15. The maximum absolute atomic E-state index is 12.5. The van der Waals surface area contributed by atoms with E-state index in [2.05, 4.69) is 14.8 Å². The number of methoxy groups -OCH3 is 1. The molecule has 15 heavy (non-hydrogen) atoms. The van der Waals surface area contributed by atoms with Gasteiger partial charge in [0.25, 0.3) is 0 Å². The van der Waals surface area contributed by atoms with Gasteiger partial charge in [0, 0.05) is 13.7 Å². The van der Waals surface area contributed by atoms with E-state index in [4.69, 9.17) is 0 Å². The summed E-state index contributed by atoms with van der Waals surface area (Å²) >= 11 is 0. The Balaban J connectivity index is 3.97. The van der Waals surface area contributed by atoms with Gasteiger partial charge in [0.05, 0.1) is 12.7 Å². The van der Waals surface area contributed by atoms with Crippen LogP contribution in [0.1, 0.15) is 0 Å². The zero-order chi connectivity index (χ0) is 11.9. The molecule has 0 heterocycles. The molecule has 0 rings (SSSR count). The van der Waals surface area contributed by atoms with E-state index in [1.165, 1.54) is 7.11 Å². The van der Waals surface area contributed by atoms with E-state index in [9.17, 15) is 17.6 Å². The van der Waals surface area contributed by atoms with Crippen molar-refractivity contribution in [2.24, 2.45) is 0 Å². The number of halogens is 4. The van der Waals surface area contributed by atoms with Crippen LogP contribution in [0.2, 0.25) is 0 Å². The fourth-order valence-electron chi connectivity index (χ4n) is 0.871. The molecule has 0 aromatic rings. The average molecular weight is 233 g/mol. The van der Waals surface area contributed by atoms with Crippen LogP contribution in [0, 0.1) is 0 Å². The van der Waals surface area contributed by atoms with E-state index < -0.39 is 25.1 Å². The topological polar surface area (TPSA) is 30.5 Å². The molecule has 92 valence electrons. The summed E-state index contributed by atoms with van der Waals surface area (Å²) in [5.41, 5.74) is 0. The van der Waals surface area contributed by atoms with E-state index in [0.717, 1.165) is 0 Å². The standard InChI is InChI=1S/C8H15F4NO2/c1-13-3-6(4-14-2)15-5-8(11,12)7(9)10/h6-7,13H,3-5H2,1-2H3. The maximum atomic E-state index is 12.5. The van der Waals surface area contributed by atoms with Crippen LogP contribution in [0.15, 0.2) is 0 Å². The molecule has 0 aliphatic heterocycles. The van der Waals surface area contributed by atoms with Gasteiger partial charge < -0.3 is 14.8 Å². The van der Waals surface area contributed by atoms with Gasteiger partial charge in [-0.3, -0.25) is 0 Å². The van der Waals surface area contributed by atoms with E-state index >= 15 is 0 Å². The molecule has 1 atom stereocenters. The minimum atomic E-state index is -4.11. The number of likely N-dealkylation sites (N-methyl/N-ethyl adjacent to an activating group) is 1. The molecule has 0 spiro atoms. The molecule has 0 fully saturated rings. The van der Waals surface area contributed by atoms with Crippen molar-refractivity contribution in [3.05, 3.63) is 0 Å². The molecule has 0 saturated heterocycles. The number of hydrogen-bond acceptors (Lipinski definition) is 3. The van der Waals surface area contributed by atoms with E-state index in [1.807, 2.05) is 0 Å². The molecule has 1 N–H and O–H groups in total. The zero-order valence-corrected chi connectivity index (χ0v) is 8.60. The van der Waals surface area contributed by atoms with Crippen molar-refractivity contribution < 1.29 is 27.0 Å². The van der Waals surface area contributed by atoms with Gasteiger partial charge in [-0.2, -0.15) is 8.78 Å². The Morgan fingerprint density at radius 2 is 1.93 bits per heavy atom.